The van der Waals surface area contributed by atoms with E-state index in [1.165, 1.54) is 0 Å². The molecular weight excluding hydrogens is 506 g/mol. The first kappa shape index (κ1) is 28.6. The van der Waals surface area contributed by atoms with Gasteiger partial charge in [0.25, 0.3) is 0 Å². The molecule has 1 unspecified atom stereocenters. The van der Waals surface area contributed by atoms with Gasteiger partial charge in [0, 0.05) is 11.2 Å². The molecule has 1 atom stereocenters. The number of nitrogens with zero attached hydrogens (tertiary/aromatic N) is 4. The molecule has 4 aromatic rings. The first-order valence-corrected chi connectivity index (χ1v) is 13.3. The lowest BCUT2D eigenvalue weighted by molar-refractivity contribution is -0.128. The largest absolute Gasteiger partial charge is 0.493 e. The Hall–Kier alpha value is -4.40. The molecule has 40 heavy (non-hydrogen) atoms. The second-order valence-electron chi connectivity index (χ2n) is 10.5. The Morgan fingerprint density at radius 3 is 2.40 bits per heavy atom. The molecule has 0 radical (unpaired) electrons. The Labute approximate surface area is 235 Å². The van der Waals surface area contributed by atoms with Gasteiger partial charge in [-0.3, -0.25) is 14.5 Å². The highest BCUT2D eigenvalue weighted by atomic mass is 16.5. The highest BCUT2D eigenvalue weighted by Crippen LogP contribution is 2.36. The van der Waals surface area contributed by atoms with Gasteiger partial charge in [0.05, 0.1) is 19.7 Å². The number of rotatable bonds is 10. The van der Waals surface area contributed by atoms with E-state index in [1.807, 2.05) is 77.1 Å². The predicted molar refractivity (Wildman–Crippen MR) is 156 cm³/mol. The minimum absolute atomic E-state index is 0.109. The fourth-order valence-corrected chi connectivity index (χ4v) is 4.66. The molecule has 0 aliphatic heterocycles. The summed E-state index contributed by atoms with van der Waals surface area (Å²) in [4.78, 5) is 30.1. The van der Waals surface area contributed by atoms with Crippen LogP contribution in [0.1, 0.15) is 49.9 Å². The summed E-state index contributed by atoms with van der Waals surface area (Å²) in [5.41, 5.74) is 4.05. The lowest BCUT2D eigenvalue weighted by atomic mass is 9.97. The van der Waals surface area contributed by atoms with Crippen molar-refractivity contribution >= 4 is 28.5 Å². The molecular formula is C31H37N5O4. The number of aryl methyl sites for hydroxylation is 2. The average Bonchev–Trinajstić information content (AvgIpc) is 3.34. The van der Waals surface area contributed by atoms with Crippen LogP contribution in [0.2, 0.25) is 0 Å². The first-order chi connectivity index (χ1) is 19.1. The number of benzene rings is 3. The maximum absolute atomic E-state index is 14.3. The standard InChI is InChI=1S/C31H37N5O4/c1-8-31(4,5)32-30(38)29(22-14-16-26(39-6)27(18-22)40-7)36(24-15-13-20(2)17-21(24)3)28(37)19-35-25-12-10-9-11-23(25)33-34-35/h9-18,29H,8,19H2,1-7H3,(H,32,38). The smallest absolute Gasteiger partial charge is 0.249 e. The van der Waals surface area contributed by atoms with Gasteiger partial charge in [0.2, 0.25) is 11.8 Å². The molecule has 0 bridgehead atoms. The highest BCUT2D eigenvalue weighted by molar-refractivity contribution is 6.02. The van der Waals surface area contributed by atoms with Crippen molar-refractivity contribution in [1.29, 1.82) is 0 Å². The van der Waals surface area contributed by atoms with Crippen LogP contribution < -0.4 is 19.7 Å². The zero-order chi connectivity index (χ0) is 29.0. The number of nitrogens with one attached hydrogen (secondary N) is 1. The highest BCUT2D eigenvalue weighted by Gasteiger charge is 2.36. The van der Waals surface area contributed by atoms with Crippen molar-refractivity contribution in [2.75, 3.05) is 19.1 Å². The van der Waals surface area contributed by atoms with Gasteiger partial charge in [-0.2, -0.15) is 0 Å². The van der Waals surface area contributed by atoms with Gasteiger partial charge in [-0.1, -0.05) is 48.0 Å². The van der Waals surface area contributed by atoms with Gasteiger partial charge < -0.3 is 14.8 Å². The molecule has 1 N–H and O–H groups in total. The molecule has 0 spiro atoms. The zero-order valence-corrected chi connectivity index (χ0v) is 24.2. The predicted octanol–water partition coefficient (Wildman–Crippen LogP) is 5.14. The zero-order valence-electron chi connectivity index (χ0n) is 24.2. The van der Waals surface area contributed by atoms with E-state index in [1.54, 1.807) is 42.0 Å². The molecule has 1 heterocycles. The van der Waals surface area contributed by atoms with Crippen LogP contribution in [0.4, 0.5) is 5.69 Å². The third-order valence-corrected chi connectivity index (χ3v) is 7.16. The Bertz CT molecular complexity index is 1530. The summed E-state index contributed by atoms with van der Waals surface area (Å²) in [6, 6.07) is 17.6. The molecule has 3 aromatic carbocycles. The number of anilines is 1. The van der Waals surface area contributed by atoms with Crippen molar-refractivity contribution in [2.45, 2.75) is 59.2 Å². The number of fused-ring (bicyclic) bond motifs is 1. The lowest BCUT2D eigenvalue weighted by Gasteiger charge is -2.35. The van der Waals surface area contributed by atoms with Gasteiger partial charge in [0.1, 0.15) is 18.1 Å². The Morgan fingerprint density at radius 1 is 1.00 bits per heavy atom. The van der Waals surface area contributed by atoms with E-state index in [-0.39, 0.29) is 18.4 Å². The molecule has 0 saturated heterocycles. The minimum atomic E-state index is -1.01. The van der Waals surface area contributed by atoms with E-state index in [0.29, 0.717) is 34.7 Å². The van der Waals surface area contributed by atoms with Gasteiger partial charge in [-0.15, -0.1) is 5.10 Å². The van der Waals surface area contributed by atoms with Gasteiger partial charge in [-0.25, -0.2) is 4.68 Å². The van der Waals surface area contributed by atoms with Crippen LogP contribution in [0.3, 0.4) is 0 Å². The Kier molecular flexibility index (Phi) is 8.42. The van der Waals surface area contributed by atoms with E-state index < -0.39 is 11.6 Å². The number of hydrogen-bond acceptors (Lipinski definition) is 6. The van der Waals surface area contributed by atoms with Crippen LogP contribution in [0.15, 0.2) is 60.7 Å². The fourth-order valence-electron chi connectivity index (χ4n) is 4.66. The lowest BCUT2D eigenvalue weighted by Crippen LogP contribution is -2.51. The molecule has 4 rings (SSSR count). The molecule has 1 aromatic heterocycles. The van der Waals surface area contributed by atoms with E-state index in [2.05, 4.69) is 15.6 Å². The third-order valence-electron chi connectivity index (χ3n) is 7.16. The topological polar surface area (TPSA) is 98.6 Å². The van der Waals surface area contributed by atoms with Gasteiger partial charge in [0.15, 0.2) is 11.5 Å². The monoisotopic (exact) mass is 543 g/mol. The van der Waals surface area contributed by atoms with Gasteiger partial charge in [-0.05, 0) is 75.6 Å². The average molecular weight is 544 g/mol. The van der Waals surface area contributed by atoms with Crippen LogP contribution in [-0.4, -0.2) is 46.6 Å². The second kappa shape index (κ2) is 11.8. The number of ether oxygens (including phenoxy) is 2. The molecule has 9 heteroatoms. The molecule has 2 amide bonds. The Balaban J connectivity index is 1.90. The third kappa shape index (κ3) is 5.93. The molecule has 0 aliphatic carbocycles. The maximum Gasteiger partial charge on any atom is 0.249 e. The molecule has 0 fully saturated rings. The number of amides is 2. The fraction of sp³-hybridized carbons (Fsp3) is 0.355. The summed E-state index contributed by atoms with van der Waals surface area (Å²) in [5.74, 6) is 0.364. The number of carbonyl (C=O) groups is 2. The summed E-state index contributed by atoms with van der Waals surface area (Å²) >= 11 is 0. The summed E-state index contributed by atoms with van der Waals surface area (Å²) in [7, 11) is 3.10. The van der Waals surface area contributed by atoms with Crippen molar-refractivity contribution in [3.8, 4) is 11.5 Å². The van der Waals surface area contributed by atoms with Crippen LogP contribution in [0, 0.1) is 13.8 Å². The quantitative estimate of drug-likeness (QED) is 0.297. The summed E-state index contributed by atoms with van der Waals surface area (Å²) in [6.07, 6.45) is 0.708. The molecule has 0 saturated carbocycles. The minimum Gasteiger partial charge on any atom is -0.493 e. The van der Waals surface area contributed by atoms with Crippen molar-refractivity contribution in [1.82, 2.24) is 20.3 Å². The number of aromatic nitrogens is 3. The Morgan fingerprint density at radius 2 is 1.73 bits per heavy atom. The first-order valence-electron chi connectivity index (χ1n) is 13.3. The molecule has 9 nitrogen and oxygen atoms in total. The number of hydrogen-bond donors (Lipinski definition) is 1. The van der Waals surface area contributed by atoms with E-state index >= 15 is 0 Å². The SMILES string of the molecule is CCC(C)(C)NC(=O)C(c1ccc(OC)c(OC)c1)N(C(=O)Cn1nnc2ccccc21)c1ccc(C)cc1C. The van der Waals surface area contributed by atoms with Crippen LogP contribution in [0.25, 0.3) is 11.0 Å². The molecule has 210 valence electrons. The molecule has 0 aliphatic rings. The van der Waals surface area contributed by atoms with E-state index in [4.69, 9.17) is 9.47 Å². The number of carbonyl (C=O) groups excluding carboxylic acids is 2. The van der Waals surface area contributed by atoms with Crippen molar-refractivity contribution in [3.05, 3.63) is 77.4 Å². The van der Waals surface area contributed by atoms with Gasteiger partial charge >= 0.3 is 0 Å². The normalized spacial score (nSPS) is 12.2. The van der Waals surface area contributed by atoms with Crippen LogP contribution in [-0.2, 0) is 16.1 Å². The maximum atomic E-state index is 14.3. The van der Waals surface area contributed by atoms with Crippen molar-refractivity contribution < 1.29 is 19.1 Å². The number of methoxy groups -OCH3 is 2. The second-order valence-corrected chi connectivity index (χ2v) is 10.5. The van der Waals surface area contributed by atoms with Crippen molar-refractivity contribution in [3.63, 3.8) is 0 Å². The number of para-hydroxylation sites is 1. The van der Waals surface area contributed by atoms with Crippen molar-refractivity contribution in [2.24, 2.45) is 0 Å². The van der Waals surface area contributed by atoms with Crippen LogP contribution in [0.5, 0.6) is 11.5 Å². The van der Waals surface area contributed by atoms with E-state index in [0.717, 1.165) is 16.6 Å². The van der Waals surface area contributed by atoms with E-state index in [9.17, 15) is 9.59 Å². The summed E-state index contributed by atoms with van der Waals surface area (Å²) in [5, 5.41) is 11.6. The van der Waals surface area contributed by atoms with Crippen LogP contribution >= 0.6 is 0 Å². The summed E-state index contributed by atoms with van der Waals surface area (Å²) in [6.45, 7) is 9.75. The summed E-state index contributed by atoms with van der Waals surface area (Å²) < 4.78 is 12.6.